The molecule has 4 heteroatoms. The standard InChI is InChI=1S/C22H23NO2S/c1-3-4-5-9-18-23(19-10-13-21-11-7-6-8-12-21)26(24,25)22-16-14-20(2)15-17-22/h3,6-8,10-17H,1,4,18-19H2,2H3/b13-10+. The average Bonchev–Trinajstić information content (AvgIpc) is 2.65. The third kappa shape index (κ3) is 5.73. The summed E-state index contributed by atoms with van der Waals surface area (Å²) in [5.74, 6) is 5.82. The maximum atomic E-state index is 13.0. The van der Waals surface area contributed by atoms with E-state index in [0.717, 1.165) is 11.1 Å². The van der Waals surface area contributed by atoms with E-state index < -0.39 is 10.0 Å². The van der Waals surface area contributed by atoms with E-state index >= 15 is 0 Å². The summed E-state index contributed by atoms with van der Waals surface area (Å²) in [4.78, 5) is 0.279. The Morgan fingerprint density at radius 2 is 1.73 bits per heavy atom. The maximum absolute atomic E-state index is 13.0. The lowest BCUT2D eigenvalue weighted by Crippen LogP contribution is -2.31. The van der Waals surface area contributed by atoms with E-state index in [-0.39, 0.29) is 18.0 Å². The molecule has 3 nitrogen and oxygen atoms in total. The van der Waals surface area contributed by atoms with Gasteiger partial charge in [-0.15, -0.1) is 6.58 Å². The quantitative estimate of drug-likeness (QED) is 0.542. The highest BCUT2D eigenvalue weighted by molar-refractivity contribution is 7.89. The lowest BCUT2D eigenvalue weighted by molar-refractivity contribution is 0.478. The molecular formula is C22H23NO2S. The number of benzene rings is 2. The number of sulfonamides is 1. The summed E-state index contributed by atoms with van der Waals surface area (Å²) in [7, 11) is -3.61. The SMILES string of the molecule is C=CCC#CCN(C/C=C/c1ccccc1)S(=O)(=O)c1ccc(C)cc1. The maximum Gasteiger partial charge on any atom is 0.244 e. The van der Waals surface area contributed by atoms with Crippen molar-refractivity contribution in [1.29, 1.82) is 0 Å². The first-order valence-corrected chi connectivity index (χ1v) is 9.83. The Morgan fingerprint density at radius 1 is 1.04 bits per heavy atom. The molecule has 134 valence electrons. The Morgan fingerprint density at radius 3 is 2.38 bits per heavy atom. The molecule has 0 spiro atoms. The average molecular weight is 365 g/mol. The molecule has 26 heavy (non-hydrogen) atoms. The van der Waals surface area contributed by atoms with Crippen LogP contribution in [0.5, 0.6) is 0 Å². The van der Waals surface area contributed by atoms with Crippen LogP contribution in [0.3, 0.4) is 0 Å². The number of nitrogens with zero attached hydrogens (tertiary/aromatic N) is 1. The van der Waals surface area contributed by atoms with Crippen LogP contribution < -0.4 is 0 Å². The van der Waals surface area contributed by atoms with Crippen LogP contribution in [-0.4, -0.2) is 25.8 Å². The molecule has 2 rings (SSSR count). The monoisotopic (exact) mass is 365 g/mol. The molecule has 0 heterocycles. The van der Waals surface area contributed by atoms with Gasteiger partial charge in [-0.3, -0.25) is 0 Å². The van der Waals surface area contributed by atoms with Gasteiger partial charge in [-0.05, 0) is 24.6 Å². The molecule has 0 fully saturated rings. The summed E-state index contributed by atoms with van der Waals surface area (Å²) in [5, 5.41) is 0. The summed E-state index contributed by atoms with van der Waals surface area (Å²) in [6.07, 6.45) is 5.99. The van der Waals surface area contributed by atoms with Gasteiger partial charge >= 0.3 is 0 Å². The van der Waals surface area contributed by atoms with Crippen molar-refractivity contribution < 1.29 is 8.42 Å². The van der Waals surface area contributed by atoms with E-state index in [1.807, 2.05) is 49.4 Å². The van der Waals surface area contributed by atoms with Crippen molar-refractivity contribution in [3.63, 3.8) is 0 Å². The molecule has 2 aromatic carbocycles. The molecule has 0 radical (unpaired) electrons. The smallest absolute Gasteiger partial charge is 0.207 e. The zero-order chi connectivity index (χ0) is 18.8. The fourth-order valence-corrected chi connectivity index (χ4v) is 3.56. The minimum Gasteiger partial charge on any atom is -0.207 e. The highest BCUT2D eigenvalue weighted by atomic mass is 32.2. The Bertz CT molecular complexity index is 902. The topological polar surface area (TPSA) is 37.4 Å². The van der Waals surface area contributed by atoms with Crippen molar-refractivity contribution in [2.24, 2.45) is 0 Å². The normalized spacial score (nSPS) is 11.3. The van der Waals surface area contributed by atoms with Crippen molar-refractivity contribution in [2.75, 3.05) is 13.1 Å². The van der Waals surface area contributed by atoms with Crippen molar-refractivity contribution in [3.8, 4) is 11.8 Å². The Labute approximate surface area is 156 Å². The minimum atomic E-state index is -3.61. The Kier molecular flexibility index (Phi) is 7.40. The Hall–Kier alpha value is -2.61. The highest BCUT2D eigenvalue weighted by Crippen LogP contribution is 2.16. The van der Waals surface area contributed by atoms with Gasteiger partial charge in [0.05, 0.1) is 11.4 Å². The summed E-state index contributed by atoms with van der Waals surface area (Å²) in [5.41, 5.74) is 2.04. The molecule has 0 saturated carbocycles. The van der Waals surface area contributed by atoms with Crippen molar-refractivity contribution >= 4 is 16.1 Å². The lowest BCUT2D eigenvalue weighted by Gasteiger charge is -2.18. The van der Waals surface area contributed by atoms with Gasteiger partial charge in [-0.2, -0.15) is 4.31 Å². The second-order valence-electron chi connectivity index (χ2n) is 5.77. The first-order valence-electron chi connectivity index (χ1n) is 8.39. The van der Waals surface area contributed by atoms with Crippen molar-refractivity contribution in [2.45, 2.75) is 18.2 Å². The molecule has 2 aromatic rings. The van der Waals surface area contributed by atoms with Crippen molar-refractivity contribution in [3.05, 3.63) is 84.5 Å². The van der Waals surface area contributed by atoms with Crippen LogP contribution in [0, 0.1) is 18.8 Å². The van der Waals surface area contributed by atoms with E-state index in [1.54, 1.807) is 30.3 Å². The molecule has 0 aliphatic rings. The number of hydrogen-bond acceptors (Lipinski definition) is 2. The van der Waals surface area contributed by atoms with Crippen LogP contribution in [0.2, 0.25) is 0 Å². The molecule has 0 aliphatic heterocycles. The van der Waals surface area contributed by atoms with Gasteiger partial charge in [-0.25, -0.2) is 8.42 Å². The van der Waals surface area contributed by atoms with E-state index in [2.05, 4.69) is 18.4 Å². The molecule has 0 amide bonds. The molecule has 0 N–H and O–H groups in total. The van der Waals surface area contributed by atoms with E-state index in [0.29, 0.717) is 6.42 Å². The van der Waals surface area contributed by atoms with Gasteiger partial charge in [0.1, 0.15) is 0 Å². The molecule has 0 unspecified atom stereocenters. The predicted molar refractivity (Wildman–Crippen MR) is 108 cm³/mol. The molecule has 0 aromatic heterocycles. The first-order chi connectivity index (χ1) is 12.5. The second kappa shape index (κ2) is 9.76. The van der Waals surface area contributed by atoms with Crippen LogP contribution >= 0.6 is 0 Å². The first kappa shape index (κ1) is 19.7. The molecular weight excluding hydrogens is 342 g/mol. The fourth-order valence-electron chi connectivity index (χ4n) is 2.27. The highest BCUT2D eigenvalue weighted by Gasteiger charge is 2.22. The Balaban J connectivity index is 2.22. The van der Waals surface area contributed by atoms with Gasteiger partial charge in [0.15, 0.2) is 0 Å². The largest absolute Gasteiger partial charge is 0.244 e. The number of aryl methyl sites for hydroxylation is 1. The van der Waals surface area contributed by atoms with E-state index in [1.165, 1.54) is 4.31 Å². The fraction of sp³-hybridized carbons (Fsp3) is 0.182. The number of hydrogen-bond donors (Lipinski definition) is 0. The molecule has 0 atom stereocenters. The molecule has 0 aliphatic carbocycles. The van der Waals surface area contributed by atoms with Crippen LogP contribution in [0.1, 0.15) is 17.5 Å². The number of allylic oxidation sites excluding steroid dienone is 1. The number of rotatable bonds is 7. The van der Waals surface area contributed by atoms with Crippen molar-refractivity contribution in [1.82, 2.24) is 4.31 Å². The third-order valence-corrected chi connectivity index (χ3v) is 5.53. The minimum absolute atomic E-state index is 0.142. The van der Waals surface area contributed by atoms with Crippen LogP contribution in [-0.2, 0) is 10.0 Å². The molecule has 0 saturated heterocycles. The predicted octanol–water partition coefficient (Wildman–Crippen LogP) is 4.28. The van der Waals surface area contributed by atoms with Gasteiger partial charge < -0.3 is 0 Å². The van der Waals surface area contributed by atoms with Gasteiger partial charge in [-0.1, -0.05) is 78.1 Å². The molecule has 0 bridgehead atoms. The van der Waals surface area contributed by atoms with Crippen LogP contribution in [0.25, 0.3) is 6.08 Å². The van der Waals surface area contributed by atoms with E-state index in [9.17, 15) is 8.42 Å². The van der Waals surface area contributed by atoms with Crippen LogP contribution in [0.4, 0.5) is 0 Å². The van der Waals surface area contributed by atoms with Crippen LogP contribution in [0.15, 0.2) is 78.2 Å². The zero-order valence-corrected chi connectivity index (χ0v) is 15.7. The lowest BCUT2D eigenvalue weighted by atomic mass is 10.2. The zero-order valence-electron chi connectivity index (χ0n) is 14.9. The summed E-state index contributed by atoms with van der Waals surface area (Å²) in [6.45, 7) is 5.95. The van der Waals surface area contributed by atoms with Gasteiger partial charge in [0, 0.05) is 13.0 Å². The van der Waals surface area contributed by atoms with Gasteiger partial charge in [0.2, 0.25) is 10.0 Å². The summed E-state index contributed by atoms with van der Waals surface area (Å²) < 4.78 is 27.3. The summed E-state index contributed by atoms with van der Waals surface area (Å²) in [6, 6.07) is 16.6. The third-order valence-electron chi connectivity index (χ3n) is 3.70. The second-order valence-corrected chi connectivity index (χ2v) is 7.71. The van der Waals surface area contributed by atoms with E-state index in [4.69, 9.17) is 0 Å². The van der Waals surface area contributed by atoms with Gasteiger partial charge in [0.25, 0.3) is 0 Å². The summed E-state index contributed by atoms with van der Waals surface area (Å²) >= 11 is 0.